The Kier molecular flexibility index (Phi) is 4.96. The molecule has 0 radical (unpaired) electrons. The van der Waals surface area contributed by atoms with E-state index in [4.69, 9.17) is 9.47 Å². The quantitative estimate of drug-likeness (QED) is 0.677. The number of amides is 1. The van der Waals surface area contributed by atoms with Gasteiger partial charge in [-0.2, -0.15) is 0 Å². The molecule has 6 heteroatoms. The van der Waals surface area contributed by atoms with Gasteiger partial charge in [0.15, 0.2) is 5.41 Å². The molecular weight excluding hydrogens is 310 g/mol. The maximum absolute atomic E-state index is 12.4. The van der Waals surface area contributed by atoms with Crippen molar-refractivity contribution in [3.05, 3.63) is 35.9 Å². The number of nitrogens with one attached hydrogen (secondary N) is 1. The number of carbonyl (C=O) groups excluding carboxylic acids is 3. The summed E-state index contributed by atoms with van der Waals surface area (Å²) >= 11 is 0. The van der Waals surface area contributed by atoms with Gasteiger partial charge in [-0.15, -0.1) is 0 Å². The van der Waals surface area contributed by atoms with E-state index >= 15 is 0 Å². The average molecular weight is 333 g/mol. The number of hydrogen-bond donors (Lipinski definition) is 1. The summed E-state index contributed by atoms with van der Waals surface area (Å²) in [6.45, 7) is 6.73. The van der Waals surface area contributed by atoms with Gasteiger partial charge in [0.2, 0.25) is 0 Å². The van der Waals surface area contributed by atoms with Crippen molar-refractivity contribution >= 4 is 17.8 Å². The number of ketones is 1. The van der Waals surface area contributed by atoms with Crippen LogP contribution in [0.1, 0.15) is 45.7 Å². The highest BCUT2D eigenvalue weighted by atomic mass is 16.6. The van der Waals surface area contributed by atoms with Crippen molar-refractivity contribution in [2.75, 3.05) is 6.61 Å². The largest absolute Gasteiger partial charge is 0.465 e. The summed E-state index contributed by atoms with van der Waals surface area (Å²) in [5, 5.41) is 2.70. The molecule has 2 atom stereocenters. The summed E-state index contributed by atoms with van der Waals surface area (Å²) in [4.78, 5) is 37.0. The van der Waals surface area contributed by atoms with Gasteiger partial charge in [-0.3, -0.25) is 9.59 Å². The molecule has 0 aliphatic carbocycles. The van der Waals surface area contributed by atoms with E-state index in [2.05, 4.69) is 5.32 Å². The van der Waals surface area contributed by atoms with E-state index in [9.17, 15) is 14.4 Å². The van der Waals surface area contributed by atoms with Crippen molar-refractivity contribution in [3.8, 4) is 0 Å². The molecule has 130 valence electrons. The van der Waals surface area contributed by atoms with Crippen LogP contribution >= 0.6 is 0 Å². The Morgan fingerprint density at radius 3 is 2.33 bits per heavy atom. The Morgan fingerprint density at radius 1 is 1.25 bits per heavy atom. The van der Waals surface area contributed by atoms with Crippen molar-refractivity contribution in [3.63, 3.8) is 0 Å². The molecule has 2 rings (SSSR count). The summed E-state index contributed by atoms with van der Waals surface area (Å²) in [7, 11) is 0. The molecule has 6 nitrogen and oxygen atoms in total. The average Bonchev–Trinajstić information content (AvgIpc) is 2.86. The highest BCUT2D eigenvalue weighted by molar-refractivity contribution is 6.05. The molecule has 1 saturated heterocycles. The molecule has 0 aromatic heterocycles. The van der Waals surface area contributed by atoms with Crippen LogP contribution in [0.4, 0.5) is 4.79 Å². The minimum atomic E-state index is -1.43. The van der Waals surface area contributed by atoms with Gasteiger partial charge in [0.05, 0.1) is 12.6 Å². The third-order valence-electron chi connectivity index (χ3n) is 4.01. The van der Waals surface area contributed by atoms with Gasteiger partial charge in [0.25, 0.3) is 0 Å². The minimum absolute atomic E-state index is 0.151. The molecule has 1 aliphatic heterocycles. The summed E-state index contributed by atoms with van der Waals surface area (Å²) in [5.74, 6) is -0.949. The fourth-order valence-corrected chi connectivity index (χ4v) is 2.88. The summed E-state index contributed by atoms with van der Waals surface area (Å²) in [5.41, 5.74) is -1.47. The van der Waals surface area contributed by atoms with Crippen molar-refractivity contribution in [1.82, 2.24) is 5.32 Å². The van der Waals surface area contributed by atoms with E-state index in [0.29, 0.717) is 5.56 Å². The summed E-state index contributed by atoms with van der Waals surface area (Å²) < 4.78 is 10.4. The number of benzene rings is 1. The van der Waals surface area contributed by atoms with Crippen LogP contribution in [-0.4, -0.2) is 30.1 Å². The SMILES string of the molecule is CC(=O)[C@@]1([C@H](NC(=O)OC(C)(C)C)c2ccccc2)CCOC1=O. The van der Waals surface area contributed by atoms with Crippen molar-refractivity contribution < 1.29 is 23.9 Å². The molecule has 0 spiro atoms. The summed E-state index contributed by atoms with van der Waals surface area (Å²) in [6, 6.07) is 8.07. The lowest BCUT2D eigenvalue weighted by Crippen LogP contribution is -2.49. The molecule has 24 heavy (non-hydrogen) atoms. The predicted octanol–water partition coefficient (Wildman–Crippen LogP) is 2.77. The smallest absolute Gasteiger partial charge is 0.408 e. The second-order valence-corrected chi connectivity index (χ2v) is 6.90. The molecule has 1 amide bonds. The van der Waals surface area contributed by atoms with Gasteiger partial charge in [-0.05, 0) is 33.3 Å². The number of alkyl carbamates (subject to hydrolysis) is 1. The molecular formula is C18H23NO5. The molecule has 1 fully saturated rings. The highest BCUT2D eigenvalue weighted by Gasteiger charge is 2.56. The van der Waals surface area contributed by atoms with Crippen LogP contribution in [0.3, 0.4) is 0 Å². The zero-order valence-electron chi connectivity index (χ0n) is 14.4. The fourth-order valence-electron chi connectivity index (χ4n) is 2.88. The molecule has 1 N–H and O–H groups in total. The first-order valence-electron chi connectivity index (χ1n) is 7.89. The van der Waals surface area contributed by atoms with E-state index in [0.717, 1.165) is 0 Å². The number of ether oxygens (including phenoxy) is 2. The van der Waals surface area contributed by atoms with Crippen LogP contribution in [0.5, 0.6) is 0 Å². The van der Waals surface area contributed by atoms with Gasteiger partial charge in [0.1, 0.15) is 11.4 Å². The van der Waals surface area contributed by atoms with Crippen LogP contribution in [0.25, 0.3) is 0 Å². The maximum atomic E-state index is 12.4. The molecule has 0 saturated carbocycles. The zero-order chi connectivity index (χ0) is 18.0. The topological polar surface area (TPSA) is 81.7 Å². The van der Waals surface area contributed by atoms with Gasteiger partial charge >= 0.3 is 12.1 Å². The first kappa shape index (κ1) is 18.0. The first-order valence-corrected chi connectivity index (χ1v) is 7.89. The van der Waals surface area contributed by atoms with Crippen LogP contribution in [0.15, 0.2) is 30.3 Å². The Morgan fingerprint density at radius 2 is 1.88 bits per heavy atom. The van der Waals surface area contributed by atoms with E-state index in [1.54, 1.807) is 45.0 Å². The van der Waals surface area contributed by atoms with Gasteiger partial charge in [-0.1, -0.05) is 30.3 Å². The molecule has 1 aliphatic rings. The Bertz CT molecular complexity index is 635. The number of Topliss-reactive ketones (excluding diaryl/α,β-unsaturated/α-hetero) is 1. The number of rotatable bonds is 4. The van der Waals surface area contributed by atoms with Crippen molar-refractivity contribution in [1.29, 1.82) is 0 Å². The van der Waals surface area contributed by atoms with E-state index in [1.807, 2.05) is 6.07 Å². The van der Waals surface area contributed by atoms with Crippen LogP contribution < -0.4 is 5.32 Å². The lowest BCUT2D eigenvalue weighted by molar-refractivity contribution is -0.152. The van der Waals surface area contributed by atoms with E-state index in [-0.39, 0.29) is 18.8 Å². The third kappa shape index (κ3) is 3.58. The van der Waals surface area contributed by atoms with E-state index < -0.39 is 29.1 Å². The lowest BCUT2D eigenvalue weighted by Gasteiger charge is -2.33. The zero-order valence-corrected chi connectivity index (χ0v) is 14.4. The maximum Gasteiger partial charge on any atom is 0.408 e. The molecule has 1 aromatic carbocycles. The Hall–Kier alpha value is -2.37. The van der Waals surface area contributed by atoms with Crippen LogP contribution in [0.2, 0.25) is 0 Å². The lowest BCUT2D eigenvalue weighted by atomic mass is 9.73. The van der Waals surface area contributed by atoms with Crippen LogP contribution in [0, 0.1) is 5.41 Å². The van der Waals surface area contributed by atoms with E-state index in [1.165, 1.54) is 6.92 Å². The third-order valence-corrected chi connectivity index (χ3v) is 4.01. The predicted molar refractivity (Wildman–Crippen MR) is 87.2 cm³/mol. The molecule has 0 bridgehead atoms. The standard InChI is InChI=1S/C18H23NO5/c1-12(20)18(10-11-23-15(18)21)14(13-8-6-5-7-9-13)19-16(22)24-17(2,3)4/h5-9,14H,10-11H2,1-4H3,(H,19,22)/t14-,18-/m1/s1. The molecule has 1 heterocycles. The van der Waals surface area contributed by atoms with Gasteiger partial charge in [0, 0.05) is 6.42 Å². The number of cyclic esters (lactones) is 1. The number of carbonyl (C=O) groups is 3. The Labute approximate surface area is 141 Å². The number of esters is 1. The van der Waals surface area contributed by atoms with Crippen molar-refractivity contribution in [2.45, 2.75) is 45.8 Å². The second-order valence-electron chi connectivity index (χ2n) is 6.90. The normalized spacial score (nSPS) is 21.8. The molecule has 1 aromatic rings. The Balaban J connectivity index is 2.42. The highest BCUT2D eigenvalue weighted by Crippen LogP contribution is 2.43. The second kappa shape index (κ2) is 6.63. The van der Waals surface area contributed by atoms with Crippen LogP contribution in [-0.2, 0) is 19.1 Å². The van der Waals surface area contributed by atoms with Crippen molar-refractivity contribution in [2.24, 2.45) is 5.41 Å². The number of hydrogen-bond acceptors (Lipinski definition) is 5. The van der Waals surface area contributed by atoms with Gasteiger partial charge < -0.3 is 14.8 Å². The van der Waals surface area contributed by atoms with Gasteiger partial charge in [-0.25, -0.2) is 4.79 Å². The fraction of sp³-hybridized carbons (Fsp3) is 0.500. The summed E-state index contributed by atoms with van der Waals surface area (Å²) in [6.07, 6.45) is -0.465. The monoisotopic (exact) mass is 333 g/mol. The molecule has 0 unspecified atom stereocenters. The first-order chi connectivity index (χ1) is 11.2. The minimum Gasteiger partial charge on any atom is -0.465 e.